The molecular weight excluding hydrogens is 608 g/mol. The van der Waals surface area contributed by atoms with Gasteiger partial charge >= 0.3 is 0 Å². The second kappa shape index (κ2) is 15.8. The van der Waals surface area contributed by atoms with Gasteiger partial charge in [-0.2, -0.15) is 0 Å². The molecule has 0 bridgehead atoms. The van der Waals surface area contributed by atoms with Gasteiger partial charge in [0, 0.05) is 31.1 Å². The van der Waals surface area contributed by atoms with Gasteiger partial charge in [-0.3, -0.25) is 4.79 Å². The highest BCUT2D eigenvalue weighted by atomic mass is 16.8. The summed E-state index contributed by atoms with van der Waals surface area (Å²) in [4.78, 5) is 11.1. The normalized spacial score (nSPS) is 50.8. The monoisotopic (exact) mass is 656 g/mol. The molecule has 18 N–H and O–H groups in total. The molecule has 0 aromatic rings. The van der Waals surface area contributed by atoms with Gasteiger partial charge in [0.25, 0.3) is 0 Å². The number of hydrogen-bond acceptors (Lipinski definition) is 19. The first-order chi connectivity index (χ1) is 21.4. The fourth-order valence-electron chi connectivity index (χ4n) is 6.21. The van der Waals surface area contributed by atoms with Crippen LogP contribution in [0.4, 0.5) is 0 Å². The highest BCUT2D eigenvalue weighted by molar-refractivity contribution is 5.45. The van der Waals surface area contributed by atoms with E-state index in [0.717, 1.165) is 0 Å². The lowest BCUT2D eigenvalue weighted by atomic mass is 9.84. The number of hydrogen-bond donors (Lipinski definition) is 13. The molecule has 1 saturated carbocycles. The molecule has 3 heterocycles. The Kier molecular flexibility index (Phi) is 12.8. The maximum atomic E-state index is 11.3. The van der Waals surface area contributed by atoms with Crippen LogP contribution in [0.2, 0.25) is 0 Å². The van der Waals surface area contributed by atoms with E-state index in [-0.39, 0.29) is 19.5 Å². The van der Waals surface area contributed by atoms with Gasteiger partial charge in [0.05, 0.1) is 43.6 Å². The van der Waals surface area contributed by atoms with Crippen LogP contribution in [0, 0.1) is 5.92 Å². The summed E-state index contributed by atoms with van der Waals surface area (Å²) in [5.74, 6) is -0.868. The molecule has 1 aliphatic carbocycles. The Morgan fingerprint density at radius 3 is 1.89 bits per heavy atom. The molecule has 3 saturated heterocycles. The number of carbonyl (C=O) groups excluding carboxylic acids is 1. The Morgan fingerprint density at radius 1 is 0.667 bits per heavy atom. The average molecular weight is 657 g/mol. The fourth-order valence-corrected chi connectivity index (χ4v) is 6.21. The van der Waals surface area contributed by atoms with Crippen molar-refractivity contribution in [2.45, 2.75) is 117 Å². The molecule has 4 aliphatic rings. The van der Waals surface area contributed by atoms with Crippen LogP contribution in [0.15, 0.2) is 0 Å². The van der Waals surface area contributed by atoms with Crippen molar-refractivity contribution >= 4 is 6.41 Å². The zero-order valence-electron chi connectivity index (χ0n) is 24.5. The third kappa shape index (κ3) is 7.58. The molecule has 4 fully saturated rings. The van der Waals surface area contributed by atoms with Crippen LogP contribution in [-0.2, 0) is 33.2 Å². The van der Waals surface area contributed by atoms with Crippen molar-refractivity contribution in [2.75, 3.05) is 26.3 Å². The number of aliphatic hydroxyl groups excluding tert-OH is 7. The summed E-state index contributed by atoms with van der Waals surface area (Å²) in [6, 6.07) is -4.12. The lowest BCUT2D eigenvalue weighted by Crippen LogP contribution is -2.68. The molecule has 0 aromatic heterocycles. The first kappa shape index (κ1) is 36.6. The van der Waals surface area contributed by atoms with Gasteiger partial charge in [-0.25, -0.2) is 0 Å². The molecule has 3 aliphatic heterocycles. The molecule has 9 unspecified atom stereocenters. The highest BCUT2D eigenvalue weighted by Gasteiger charge is 2.54. The van der Waals surface area contributed by atoms with Crippen molar-refractivity contribution in [3.63, 3.8) is 0 Å². The van der Waals surface area contributed by atoms with E-state index in [0.29, 0.717) is 6.41 Å². The van der Waals surface area contributed by atoms with E-state index in [4.69, 9.17) is 57.1 Å². The summed E-state index contributed by atoms with van der Waals surface area (Å²) < 4.78 is 35.2. The van der Waals surface area contributed by atoms with Crippen molar-refractivity contribution < 1.29 is 69.0 Å². The standard InChI is InChI=1S/C25H48N6O14/c26-2-10-15(35)7(4-32)13(29)23(40-10)44-21-11(3-31-6-34)41-25(19(21)39)45-22-16(36)8(27)1-9(28)20(22)43-24-14(30)18(38)17(37)12(5-33)42-24/h6-25,32-33,35-39H,1-5,26-30H2,(H,31,34)/t7?,8-,9?,10?,11-,12?,13?,14?,15+,16?,17-,18?,19+,20-,21+,22?,23-,24-,25+/m1/s1. The van der Waals surface area contributed by atoms with Gasteiger partial charge in [-0.05, 0) is 6.42 Å². The fraction of sp³-hybridized carbons (Fsp3) is 0.960. The van der Waals surface area contributed by atoms with Gasteiger partial charge in [-0.1, -0.05) is 0 Å². The zero-order valence-corrected chi connectivity index (χ0v) is 24.5. The first-order valence-electron chi connectivity index (χ1n) is 14.8. The van der Waals surface area contributed by atoms with Crippen LogP contribution in [-0.4, -0.2) is 179 Å². The van der Waals surface area contributed by atoms with Crippen molar-refractivity contribution in [3.05, 3.63) is 0 Å². The molecule has 0 spiro atoms. The molecule has 45 heavy (non-hydrogen) atoms. The minimum Gasteiger partial charge on any atom is -0.396 e. The second-order valence-corrected chi connectivity index (χ2v) is 11.9. The Balaban J connectivity index is 1.53. The minimum absolute atomic E-state index is 0.0606. The molecule has 19 atom stereocenters. The molecule has 0 radical (unpaired) electrons. The number of carbonyl (C=O) groups is 1. The molecule has 262 valence electrons. The topological polar surface area (TPSA) is 356 Å². The smallest absolute Gasteiger partial charge is 0.207 e. The van der Waals surface area contributed by atoms with Gasteiger partial charge in [0.1, 0.15) is 48.8 Å². The Bertz CT molecular complexity index is 947. The Hall–Kier alpha value is -1.25. The van der Waals surface area contributed by atoms with E-state index in [9.17, 15) is 40.5 Å². The van der Waals surface area contributed by atoms with Crippen molar-refractivity contribution in [1.29, 1.82) is 0 Å². The number of ether oxygens (including phenoxy) is 6. The molecule has 20 nitrogen and oxygen atoms in total. The average Bonchev–Trinajstić information content (AvgIpc) is 3.30. The van der Waals surface area contributed by atoms with E-state index in [2.05, 4.69) is 5.32 Å². The predicted octanol–water partition coefficient (Wildman–Crippen LogP) is -8.86. The van der Waals surface area contributed by atoms with Gasteiger partial charge in [-0.15, -0.1) is 0 Å². The Labute approximate surface area is 258 Å². The summed E-state index contributed by atoms with van der Waals surface area (Å²) in [7, 11) is 0. The van der Waals surface area contributed by atoms with Crippen LogP contribution in [0.3, 0.4) is 0 Å². The van der Waals surface area contributed by atoms with E-state index in [1.807, 2.05) is 0 Å². The SMILES string of the molecule is NCC1O[C@H](O[C@@H]2[C@H](O)[C@H](OC3C(O)[C@H](N)CC(N)[C@H]3O[C@H]3OC(CO)[C@@H](O)C(O)C3N)O[C@@H]2CNC=O)C(N)C(CO)[C@@H]1O. The van der Waals surface area contributed by atoms with Crippen LogP contribution in [0.1, 0.15) is 6.42 Å². The van der Waals surface area contributed by atoms with Crippen LogP contribution >= 0.6 is 0 Å². The molecular formula is C25H48N6O14. The van der Waals surface area contributed by atoms with E-state index < -0.39 is 129 Å². The van der Waals surface area contributed by atoms with Gasteiger partial charge < -0.3 is 98.2 Å². The molecule has 0 aromatic carbocycles. The van der Waals surface area contributed by atoms with Crippen molar-refractivity contribution in [2.24, 2.45) is 34.6 Å². The summed E-state index contributed by atoms with van der Waals surface area (Å²) >= 11 is 0. The van der Waals surface area contributed by atoms with Crippen LogP contribution < -0.4 is 34.0 Å². The summed E-state index contributed by atoms with van der Waals surface area (Å²) in [6.07, 6.45) is -18.1. The number of rotatable bonds is 12. The second-order valence-electron chi connectivity index (χ2n) is 11.9. The number of nitrogens with two attached hydrogens (primary N) is 5. The quantitative estimate of drug-likeness (QED) is 0.0867. The lowest BCUT2D eigenvalue weighted by molar-refractivity contribution is -0.310. The van der Waals surface area contributed by atoms with E-state index >= 15 is 0 Å². The number of nitrogens with one attached hydrogen (secondary N) is 1. The number of amides is 1. The minimum atomic E-state index is -1.60. The van der Waals surface area contributed by atoms with E-state index in [1.165, 1.54) is 0 Å². The molecule has 1 amide bonds. The lowest BCUT2D eigenvalue weighted by Gasteiger charge is -2.47. The van der Waals surface area contributed by atoms with Crippen molar-refractivity contribution in [1.82, 2.24) is 5.32 Å². The predicted molar refractivity (Wildman–Crippen MR) is 148 cm³/mol. The maximum absolute atomic E-state index is 11.3. The van der Waals surface area contributed by atoms with Gasteiger partial charge in [0.15, 0.2) is 18.9 Å². The zero-order chi connectivity index (χ0) is 33.2. The Morgan fingerprint density at radius 2 is 1.27 bits per heavy atom. The third-order valence-corrected chi connectivity index (χ3v) is 8.94. The summed E-state index contributed by atoms with van der Waals surface area (Å²) in [5.41, 5.74) is 30.4. The third-order valence-electron chi connectivity index (χ3n) is 8.94. The molecule has 4 rings (SSSR count). The van der Waals surface area contributed by atoms with Crippen molar-refractivity contribution in [3.8, 4) is 0 Å². The summed E-state index contributed by atoms with van der Waals surface area (Å²) in [5, 5.41) is 75.2. The number of aliphatic hydroxyl groups is 7. The van der Waals surface area contributed by atoms with Crippen LogP contribution in [0.5, 0.6) is 0 Å². The van der Waals surface area contributed by atoms with Gasteiger partial charge in [0.2, 0.25) is 6.41 Å². The van der Waals surface area contributed by atoms with Crippen LogP contribution in [0.25, 0.3) is 0 Å². The van der Waals surface area contributed by atoms with E-state index in [1.54, 1.807) is 0 Å². The molecule has 20 heteroatoms. The highest BCUT2D eigenvalue weighted by Crippen LogP contribution is 2.35. The maximum Gasteiger partial charge on any atom is 0.207 e. The largest absolute Gasteiger partial charge is 0.396 e. The first-order valence-corrected chi connectivity index (χ1v) is 14.8. The summed E-state index contributed by atoms with van der Waals surface area (Å²) in [6.45, 7) is -1.45.